The maximum absolute atomic E-state index is 13.5. The van der Waals surface area contributed by atoms with E-state index in [9.17, 15) is 4.79 Å². The van der Waals surface area contributed by atoms with Gasteiger partial charge in [-0.2, -0.15) is 5.10 Å². The van der Waals surface area contributed by atoms with Crippen LogP contribution >= 0.6 is 0 Å². The molecule has 2 aromatic heterocycles. The van der Waals surface area contributed by atoms with Crippen molar-refractivity contribution in [1.82, 2.24) is 19.7 Å². The van der Waals surface area contributed by atoms with Crippen molar-refractivity contribution < 1.29 is 4.79 Å². The summed E-state index contributed by atoms with van der Waals surface area (Å²) in [7, 11) is 1.96. The molecule has 0 spiro atoms. The minimum atomic E-state index is 0.0943. The fraction of sp³-hybridized carbons (Fsp3) is 0.381. The number of carbonyl (C=O) groups is 1. The highest BCUT2D eigenvalue weighted by Crippen LogP contribution is 2.37. The molecule has 1 fully saturated rings. The first-order valence-electron chi connectivity index (χ1n) is 9.15. The smallest absolute Gasteiger partial charge is 0.255 e. The van der Waals surface area contributed by atoms with E-state index < -0.39 is 0 Å². The normalized spacial score (nSPS) is 17.2. The van der Waals surface area contributed by atoms with Gasteiger partial charge in [-0.05, 0) is 45.7 Å². The number of nitrogens with zero attached hydrogens (tertiary/aromatic N) is 4. The molecule has 0 radical (unpaired) electrons. The summed E-state index contributed by atoms with van der Waals surface area (Å²) in [4.78, 5) is 20.1. The van der Waals surface area contributed by atoms with Crippen LogP contribution in [0.4, 0.5) is 0 Å². The van der Waals surface area contributed by atoms with E-state index >= 15 is 0 Å². The molecule has 0 aliphatic carbocycles. The van der Waals surface area contributed by atoms with Crippen LogP contribution in [0.1, 0.15) is 51.9 Å². The predicted molar refractivity (Wildman–Crippen MR) is 102 cm³/mol. The van der Waals surface area contributed by atoms with E-state index in [-0.39, 0.29) is 11.9 Å². The summed E-state index contributed by atoms with van der Waals surface area (Å²) in [6.45, 7) is 6.85. The Hall–Kier alpha value is -2.69. The second-order valence-corrected chi connectivity index (χ2v) is 7.19. The summed E-state index contributed by atoms with van der Waals surface area (Å²) in [5.41, 5.74) is 5.86. The molecule has 0 unspecified atom stereocenters. The van der Waals surface area contributed by atoms with Crippen molar-refractivity contribution in [2.45, 2.75) is 39.7 Å². The van der Waals surface area contributed by atoms with Gasteiger partial charge in [-0.1, -0.05) is 18.2 Å². The maximum Gasteiger partial charge on any atom is 0.255 e. The summed E-state index contributed by atoms with van der Waals surface area (Å²) in [5.74, 6) is 0.0943. The number of carbonyl (C=O) groups excluding carboxylic acids is 1. The number of likely N-dealkylation sites (tertiary alicyclic amines) is 1. The summed E-state index contributed by atoms with van der Waals surface area (Å²) in [5, 5.41) is 5.48. The van der Waals surface area contributed by atoms with Gasteiger partial charge >= 0.3 is 0 Å². The molecule has 0 bridgehead atoms. The van der Waals surface area contributed by atoms with Gasteiger partial charge in [-0.3, -0.25) is 14.5 Å². The van der Waals surface area contributed by atoms with Crippen molar-refractivity contribution in [2.24, 2.45) is 7.05 Å². The molecular formula is C21H24N4O. The van der Waals surface area contributed by atoms with Crippen LogP contribution in [0.2, 0.25) is 0 Å². The molecule has 26 heavy (non-hydrogen) atoms. The van der Waals surface area contributed by atoms with Gasteiger partial charge in [0.15, 0.2) is 0 Å². The highest BCUT2D eigenvalue weighted by molar-refractivity contribution is 6.06. The maximum atomic E-state index is 13.5. The van der Waals surface area contributed by atoms with Crippen molar-refractivity contribution in [1.29, 1.82) is 0 Å². The Morgan fingerprint density at radius 1 is 1.19 bits per heavy atom. The van der Waals surface area contributed by atoms with Crippen LogP contribution in [-0.2, 0) is 7.05 Å². The van der Waals surface area contributed by atoms with Crippen molar-refractivity contribution in [3.63, 3.8) is 0 Å². The topological polar surface area (TPSA) is 51.0 Å². The van der Waals surface area contributed by atoms with E-state index in [1.54, 1.807) is 0 Å². The average molecular weight is 348 g/mol. The Balaban J connectivity index is 1.79. The molecule has 134 valence electrons. The number of benzene rings is 1. The lowest BCUT2D eigenvalue weighted by Gasteiger charge is -2.26. The predicted octanol–water partition coefficient (Wildman–Crippen LogP) is 3.87. The Morgan fingerprint density at radius 3 is 2.69 bits per heavy atom. The van der Waals surface area contributed by atoms with Gasteiger partial charge in [0.1, 0.15) is 0 Å². The van der Waals surface area contributed by atoms with Crippen LogP contribution in [0.3, 0.4) is 0 Å². The quantitative estimate of drug-likeness (QED) is 0.706. The van der Waals surface area contributed by atoms with Gasteiger partial charge in [-0.25, -0.2) is 0 Å². The van der Waals surface area contributed by atoms with Crippen LogP contribution < -0.4 is 0 Å². The van der Waals surface area contributed by atoms with E-state index in [1.165, 1.54) is 5.56 Å². The summed E-state index contributed by atoms with van der Waals surface area (Å²) in [6, 6.07) is 9.90. The molecule has 1 aromatic carbocycles. The molecule has 1 atom stereocenters. The molecule has 3 aromatic rings. The van der Waals surface area contributed by atoms with Crippen LogP contribution in [0.5, 0.6) is 0 Å². The fourth-order valence-corrected chi connectivity index (χ4v) is 4.22. The Bertz CT molecular complexity index is 1000. The van der Waals surface area contributed by atoms with Crippen molar-refractivity contribution in [2.75, 3.05) is 6.54 Å². The SMILES string of the molecule is Cc1cc(C(=O)N2CCC[C@H]2c2c(C)nn(C)c2C)c2ccccc2n1. The average Bonchev–Trinajstić information content (AvgIpc) is 3.18. The zero-order valence-corrected chi connectivity index (χ0v) is 15.8. The summed E-state index contributed by atoms with van der Waals surface area (Å²) >= 11 is 0. The van der Waals surface area contributed by atoms with Gasteiger partial charge < -0.3 is 4.90 Å². The first-order chi connectivity index (χ1) is 12.5. The number of pyridine rings is 1. The van der Waals surface area contributed by atoms with Gasteiger partial charge in [0, 0.05) is 35.9 Å². The Kier molecular flexibility index (Phi) is 4.02. The monoisotopic (exact) mass is 348 g/mol. The second kappa shape index (κ2) is 6.24. The molecule has 1 amide bonds. The summed E-state index contributed by atoms with van der Waals surface area (Å²) in [6.07, 6.45) is 2.01. The number of fused-ring (bicyclic) bond motifs is 1. The zero-order valence-electron chi connectivity index (χ0n) is 15.8. The van der Waals surface area contributed by atoms with Crippen molar-refractivity contribution >= 4 is 16.8 Å². The molecule has 3 heterocycles. The highest BCUT2D eigenvalue weighted by atomic mass is 16.2. The molecule has 1 aliphatic heterocycles. The number of amides is 1. The van der Waals surface area contributed by atoms with Crippen LogP contribution in [0.15, 0.2) is 30.3 Å². The Morgan fingerprint density at radius 2 is 1.96 bits per heavy atom. The molecule has 1 saturated heterocycles. The lowest BCUT2D eigenvalue weighted by atomic mass is 10.0. The van der Waals surface area contributed by atoms with E-state index in [4.69, 9.17) is 0 Å². The van der Waals surface area contributed by atoms with E-state index in [0.29, 0.717) is 0 Å². The first kappa shape index (κ1) is 16.8. The van der Waals surface area contributed by atoms with E-state index in [0.717, 1.165) is 52.9 Å². The van der Waals surface area contributed by atoms with Gasteiger partial charge in [0.05, 0.1) is 22.8 Å². The number of aryl methyl sites for hydroxylation is 3. The minimum absolute atomic E-state index is 0.0943. The van der Waals surface area contributed by atoms with E-state index in [2.05, 4.69) is 17.0 Å². The molecule has 5 nitrogen and oxygen atoms in total. The zero-order chi connectivity index (χ0) is 18.4. The molecule has 5 heteroatoms. The van der Waals surface area contributed by atoms with Gasteiger partial charge in [-0.15, -0.1) is 0 Å². The lowest BCUT2D eigenvalue weighted by Crippen LogP contribution is -2.31. The number of hydrogen-bond donors (Lipinski definition) is 0. The van der Waals surface area contributed by atoms with Gasteiger partial charge in [0.2, 0.25) is 0 Å². The highest BCUT2D eigenvalue weighted by Gasteiger charge is 2.34. The van der Waals surface area contributed by atoms with E-state index in [1.807, 2.05) is 60.8 Å². The largest absolute Gasteiger partial charge is 0.331 e. The lowest BCUT2D eigenvalue weighted by molar-refractivity contribution is 0.0737. The number of para-hydroxylation sites is 1. The fourth-order valence-electron chi connectivity index (χ4n) is 4.22. The van der Waals surface area contributed by atoms with Crippen LogP contribution in [-0.4, -0.2) is 32.1 Å². The van der Waals surface area contributed by atoms with Crippen molar-refractivity contribution in [3.05, 3.63) is 58.5 Å². The second-order valence-electron chi connectivity index (χ2n) is 7.19. The summed E-state index contributed by atoms with van der Waals surface area (Å²) < 4.78 is 1.91. The van der Waals surface area contributed by atoms with Crippen LogP contribution in [0.25, 0.3) is 10.9 Å². The molecule has 4 rings (SSSR count). The third-order valence-corrected chi connectivity index (χ3v) is 5.49. The van der Waals surface area contributed by atoms with Gasteiger partial charge in [0.25, 0.3) is 5.91 Å². The molecule has 0 N–H and O–H groups in total. The molecular weight excluding hydrogens is 324 g/mol. The third kappa shape index (κ3) is 2.59. The number of aromatic nitrogens is 3. The van der Waals surface area contributed by atoms with Crippen LogP contribution in [0, 0.1) is 20.8 Å². The van der Waals surface area contributed by atoms with Crippen molar-refractivity contribution in [3.8, 4) is 0 Å². The number of rotatable bonds is 2. The standard InChI is InChI=1S/C21H24N4O/c1-13-12-17(16-8-5-6-9-18(16)22-13)21(26)25-11-7-10-19(25)20-14(2)23-24(4)15(20)3/h5-6,8-9,12,19H,7,10-11H2,1-4H3/t19-/m0/s1. The molecule has 0 saturated carbocycles. The minimum Gasteiger partial charge on any atom is -0.331 e. The first-order valence-corrected chi connectivity index (χ1v) is 9.15. The number of hydrogen-bond acceptors (Lipinski definition) is 3. The Labute approximate surface area is 153 Å². The third-order valence-electron chi connectivity index (χ3n) is 5.49. The molecule has 1 aliphatic rings.